The van der Waals surface area contributed by atoms with Crippen molar-refractivity contribution in [3.8, 4) is 0 Å². The largest absolute Gasteiger partial charge is 0.480 e. The van der Waals surface area contributed by atoms with Crippen LogP contribution in [0, 0.1) is 5.92 Å². The zero-order valence-corrected chi connectivity index (χ0v) is 11.3. The van der Waals surface area contributed by atoms with Gasteiger partial charge in [0, 0.05) is 19.0 Å². The third kappa shape index (κ3) is 3.98. The summed E-state index contributed by atoms with van der Waals surface area (Å²) in [5.41, 5.74) is 5.64. The number of carboxylic acids is 1. The van der Waals surface area contributed by atoms with Gasteiger partial charge in [-0.25, -0.2) is 4.79 Å². The van der Waals surface area contributed by atoms with Gasteiger partial charge < -0.3 is 15.7 Å². The molecule has 0 aliphatic carbocycles. The normalized spacial score (nSPS) is 25.8. The number of aliphatic carboxylic acids is 1. The van der Waals surface area contributed by atoms with Crippen LogP contribution in [0.3, 0.4) is 0 Å². The Morgan fingerprint density at radius 3 is 2.72 bits per heavy atom. The van der Waals surface area contributed by atoms with Crippen molar-refractivity contribution in [3.05, 3.63) is 0 Å². The third-order valence-electron chi connectivity index (χ3n) is 3.56. The first-order valence-corrected chi connectivity index (χ1v) is 6.71. The lowest BCUT2D eigenvalue weighted by molar-refractivity contribution is -0.154. The van der Waals surface area contributed by atoms with E-state index in [9.17, 15) is 14.7 Å². The van der Waals surface area contributed by atoms with Gasteiger partial charge in [-0.15, -0.1) is 0 Å². The van der Waals surface area contributed by atoms with Crippen LogP contribution in [0.25, 0.3) is 0 Å². The molecule has 0 spiro atoms. The highest BCUT2D eigenvalue weighted by Gasteiger charge is 2.36. The minimum absolute atomic E-state index is 0.0358. The van der Waals surface area contributed by atoms with Crippen LogP contribution in [0.4, 0.5) is 0 Å². The van der Waals surface area contributed by atoms with Gasteiger partial charge in [0.15, 0.2) is 0 Å². The van der Waals surface area contributed by atoms with Gasteiger partial charge in [0.2, 0.25) is 5.91 Å². The first-order chi connectivity index (χ1) is 8.43. The van der Waals surface area contributed by atoms with Crippen LogP contribution in [-0.2, 0) is 9.59 Å². The molecule has 0 saturated carbocycles. The number of nitrogens with two attached hydrogens (primary N) is 1. The van der Waals surface area contributed by atoms with Crippen LogP contribution in [-0.4, -0.2) is 40.5 Å². The van der Waals surface area contributed by atoms with Crippen molar-refractivity contribution in [1.82, 2.24) is 4.90 Å². The standard InChI is InChI=1S/C13H24N2O3/c1-9-5-4-8-15(12(9)13(17)18)11(16)7-3-6-10(2)14/h9-10,12H,3-8,14H2,1-2H3,(H,17,18). The monoisotopic (exact) mass is 256 g/mol. The fourth-order valence-corrected chi connectivity index (χ4v) is 2.56. The molecule has 0 aromatic carbocycles. The molecule has 1 fully saturated rings. The number of nitrogens with zero attached hydrogens (tertiary/aromatic N) is 1. The number of carbonyl (C=O) groups is 2. The summed E-state index contributed by atoms with van der Waals surface area (Å²) in [5.74, 6) is -0.897. The van der Waals surface area contributed by atoms with E-state index in [1.165, 1.54) is 4.90 Å². The number of carbonyl (C=O) groups excluding carboxylic acids is 1. The average Bonchev–Trinajstić information content (AvgIpc) is 2.27. The highest BCUT2D eigenvalue weighted by Crippen LogP contribution is 2.24. The van der Waals surface area contributed by atoms with E-state index in [0.717, 1.165) is 25.7 Å². The second-order valence-electron chi connectivity index (χ2n) is 5.36. The van der Waals surface area contributed by atoms with Crippen molar-refractivity contribution in [2.75, 3.05) is 6.54 Å². The maximum atomic E-state index is 12.1. The summed E-state index contributed by atoms with van der Waals surface area (Å²) in [4.78, 5) is 24.8. The Balaban J connectivity index is 2.55. The van der Waals surface area contributed by atoms with E-state index < -0.39 is 12.0 Å². The first kappa shape index (κ1) is 15.0. The minimum atomic E-state index is -0.886. The van der Waals surface area contributed by atoms with Crippen LogP contribution in [0.5, 0.6) is 0 Å². The van der Waals surface area contributed by atoms with Crippen molar-refractivity contribution < 1.29 is 14.7 Å². The Kier molecular flexibility index (Phi) is 5.59. The van der Waals surface area contributed by atoms with Crippen molar-refractivity contribution in [1.29, 1.82) is 0 Å². The molecule has 3 atom stereocenters. The second kappa shape index (κ2) is 6.73. The Hall–Kier alpha value is -1.10. The molecule has 1 heterocycles. The van der Waals surface area contributed by atoms with Gasteiger partial charge >= 0.3 is 5.97 Å². The lowest BCUT2D eigenvalue weighted by Gasteiger charge is -2.37. The molecule has 104 valence electrons. The highest BCUT2D eigenvalue weighted by atomic mass is 16.4. The molecule has 0 bridgehead atoms. The molecule has 0 aromatic rings. The summed E-state index contributed by atoms with van der Waals surface area (Å²) >= 11 is 0. The molecule has 1 aliphatic heterocycles. The second-order valence-corrected chi connectivity index (χ2v) is 5.36. The fourth-order valence-electron chi connectivity index (χ4n) is 2.56. The van der Waals surface area contributed by atoms with E-state index in [4.69, 9.17) is 5.73 Å². The molecule has 1 saturated heterocycles. The van der Waals surface area contributed by atoms with Gasteiger partial charge in [0.25, 0.3) is 0 Å². The lowest BCUT2D eigenvalue weighted by Crippen LogP contribution is -2.51. The smallest absolute Gasteiger partial charge is 0.326 e. The number of amides is 1. The number of hydrogen-bond donors (Lipinski definition) is 2. The molecule has 0 radical (unpaired) electrons. The maximum Gasteiger partial charge on any atom is 0.326 e. The van der Waals surface area contributed by atoms with E-state index >= 15 is 0 Å². The molecular formula is C13H24N2O3. The molecular weight excluding hydrogens is 232 g/mol. The van der Waals surface area contributed by atoms with E-state index in [1.54, 1.807) is 0 Å². The van der Waals surface area contributed by atoms with E-state index in [-0.39, 0.29) is 17.9 Å². The summed E-state index contributed by atoms with van der Waals surface area (Å²) in [6, 6.07) is -0.560. The van der Waals surface area contributed by atoms with Gasteiger partial charge in [-0.3, -0.25) is 4.79 Å². The van der Waals surface area contributed by atoms with Crippen LogP contribution >= 0.6 is 0 Å². The van der Waals surface area contributed by atoms with Crippen molar-refractivity contribution in [2.45, 2.75) is 58.0 Å². The molecule has 0 aromatic heterocycles. The predicted molar refractivity (Wildman–Crippen MR) is 69.0 cm³/mol. The summed E-state index contributed by atoms with van der Waals surface area (Å²) in [6.45, 7) is 4.38. The van der Waals surface area contributed by atoms with Crippen molar-refractivity contribution >= 4 is 11.9 Å². The molecule has 1 aliphatic rings. The van der Waals surface area contributed by atoms with Crippen molar-refractivity contribution in [3.63, 3.8) is 0 Å². The Labute approximate surface area is 108 Å². The lowest BCUT2D eigenvalue weighted by atomic mass is 9.90. The van der Waals surface area contributed by atoms with Gasteiger partial charge in [-0.1, -0.05) is 6.92 Å². The van der Waals surface area contributed by atoms with E-state index in [0.29, 0.717) is 13.0 Å². The van der Waals surface area contributed by atoms with Crippen LogP contribution in [0.15, 0.2) is 0 Å². The van der Waals surface area contributed by atoms with E-state index in [2.05, 4.69) is 0 Å². The Morgan fingerprint density at radius 2 is 2.17 bits per heavy atom. The van der Waals surface area contributed by atoms with Crippen LogP contribution < -0.4 is 5.73 Å². The number of piperidine rings is 1. The quantitative estimate of drug-likeness (QED) is 0.774. The van der Waals surface area contributed by atoms with E-state index in [1.807, 2.05) is 13.8 Å². The Bertz CT molecular complexity index is 305. The SMILES string of the molecule is CC(N)CCCC(=O)N1CCCC(C)C1C(=O)O. The summed E-state index contributed by atoms with van der Waals surface area (Å²) in [5, 5.41) is 9.23. The zero-order chi connectivity index (χ0) is 13.7. The molecule has 1 amide bonds. The van der Waals surface area contributed by atoms with Gasteiger partial charge in [0.1, 0.15) is 6.04 Å². The molecule has 3 N–H and O–H groups in total. The molecule has 1 rings (SSSR count). The summed E-state index contributed by atoms with van der Waals surface area (Å²) in [7, 11) is 0. The van der Waals surface area contributed by atoms with Gasteiger partial charge in [-0.05, 0) is 38.5 Å². The van der Waals surface area contributed by atoms with Gasteiger partial charge in [0.05, 0.1) is 0 Å². The maximum absolute atomic E-state index is 12.1. The van der Waals surface area contributed by atoms with Crippen LogP contribution in [0.2, 0.25) is 0 Å². The molecule has 18 heavy (non-hydrogen) atoms. The minimum Gasteiger partial charge on any atom is -0.480 e. The topological polar surface area (TPSA) is 83.6 Å². The Morgan fingerprint density at radius 1 is 1.50 bits per heavy atom. The number of rotatable bonds is 5. The number of carboxylic acid groups (broad SMARTS) is 1. The molecule has 5 nitrogen and oxygen atoms in total. The predicted octanol–water partition coefficient (Wildman–Crippen LogP) is 1.22. The van der Waals surface area contributed by atoms with Crippen molar-refractivity contribution in [2.24, 2.45) is 11.7 Å². The average molecular weight is 256 g/mol. The highest BCUT2D eigenvalue weighted by molar-refractivity contribution is 5.84. The third-order valence-corrected chi connectivity index (χ3v) is 3.56. The fraction of sp³-hybridized carbons (Fsp3) is 0.846. The summed E-state index contributed by atoms with van der Waals surface area (Å²) in [6.07, 6.45) is 3.70. The zero-order valence-electron chi connectivity index (χ0n) is 11.3. The molecule has 5 heteroatoms. The first-order valence-electron chi connectivity index (χ1n) is 6.71. The number of hydrogen-bond acceptors (Lipinski definition) is 3. The number of likely N-dealkylation sites (tertiary alicyclic amines) is 1. The van der Waals surface area contributed by atoms with Crippen LogP contribution in [0.1, 0.15) is 46.0 Å². The van der Waals surface area contributed by atoms with Gasteiger partial charge in [-0.2, -0.15) is 0 Å². The summed E-state index contributed by atoms with van der Waals surface area (Å²) < 4.78 is 0. The molecule has 3 unspecified atom stereocenters.